The van der Waals surface area contributed by atoms with E-state index < -0.39 is 0 Å². The van der Waals surface area contributed by atoms with Crippen molar-refractivity contribution in [3.63, 3.8) is 0 Å². The molecule has 1 saturated heterocycles. The summed E-state index contributed by atoms with van der Waals surface area (Å²) in [5.41, 5.74) is 1.72. The number of esters is 1. The number of hydrogen-bond acceptors (Lipinski definition) is 6. The summed E-state index contributed by atoms with van der Waals surface area (Å²) in [6.07, 6.45) is 5.96. The third-order valence-corrected chi connectivity index (χ3v) is 4.86. The van der Waals surface area contributed by atoms with E-state index >= 15 is 0 Å². The van der Waals surface area contributed by atoms with Crippen molar-refractivity contribution in [1.29, 1.82) is 0 Å². The molecule has 0 aliphatic carbocycles. The molecule has 1 unspecified atom stereocenters. The SMILES string of the molecule is Cl.O=C(Oc1ccc2c(c1)SNC1CCCN21)c1ccncc1. The summed E-state index contributed by atoms with van der Waals surface area (Å²) < 4.78 is 8.89. The van der Waals surface area contributed by atoms with Gasteiger partial charge in [-0.25, -0.2) is 9.52 Å². The second kappa shape index (κ2) is 6.78. The predicted octanol–water partition coefficient (Wildman–Crippen LogP) is 3.26. The molecule has 1 aromatic carbocycles. The molecule has 0 spiro atoms. The standard InChI is InChI=1S/C16H15N3O2S.ClH/c20-16(11-5-7-17-8-6-11)21-12-3-4-13-14(10-12)22-18-15-2-1-9-19(13)15;/h3-8,10,15,18H,1-2,9H2;1H. The lowest BCUT2D eigenvalue weighted by atomic mass is 10.2. The minimum absolute atomic E-state index is 0. The smallest absolute Gasteiger partial charge is 0.343 e. The first-order valence-electron chi connectivity index (χ1n) is 7.26. The molecular formula is C16H16ClN3O2S. The van der Waals surface area contributed by atoms with Gasteiger partial charge in [0.05, 0.1) is 17.4 Å². The van der Waals surface area contributed by atoms with Crippen LogP contribution in [-0.4, -0.2) is 23.7 Å². The summed E-state index contributed by atoms with van der Waals surface area (Å²) in [5.74, 6) is 0.197. The first-order chi connectivity index (χ1) is 10.8. The van der Waals surface area contributed by atoms with E-state index in [1.54, 1.807) is 36.5 Å². The van der Waals surface area contributed by atoms with Gasteiger partial charge in [0.1, 0.15) is 5.75 Å². The highest BCUT2D eigenvalue weighted by Crippen LogP contribution is 2.40. The zero-order valence-electron chi connectivity index (χ0n) is 12.3. The maximum absolute atomic E-state index is 12.1. The Kier molecular flexibility index (Phi) is 4.75. The number of rotatable bonds is 2. The molecule has 120 valence electrons. The Morgan fingerprint density at radius 2 is 2.13 bits per heavy atom. The van der Waals surface area contributed by atoms with Crippen LogP contribution in [0.5, 0.6) is 5.75 Å². The first-order valence-corrected chi connectivity index (χ1v) is 8.08. The summed E-state index contributed by atoms with van der Waals surface area (Å²) in [5, 5.41) is 0. The highest BCUT2D eigenvalue weighted by Gasteiger charge is 2.30. The minimum atomic E-state index is -0.366. The van der Waals surface area contributed by atoms with Crippen LogP contribution in [0.25, 0.3) is 0 Å². The minimum Gasteiger partial charge on any atom is -0.423 e. The fraction of sp³-hybridized carbons (Fsp3) is 0.250. The molecule has 5 nitrogen and oxygen atoms in total. The number of carbonyl (C=O) groups is 1. The molecule has 1 fully saturated rings. The van der Waals surface area contributed by atoms with Gasteiger partial charge in [0.15, 0.2) is 0 Å². The molecule has 23 heavy (non-hydrogen) atoms. The normalized spacial score (nSPS) is 18.6. The Bertz CT molecular complexity index is 714. The van der Waals surface area contributed by atoms with E-state index in [0.717, 1.165) is 11.4 Å². The third-order valence-electron chi connectivity index (χ3n) is 3.92. The van der Waals surface area contributed by atoms with Crippen molar-refractivity contribution in [1.82, 2.24) is 9.71 Å². The zero-order valence-corrected chi connectivity index (χ0v) is 13.9. The van der Waals surface area contributed by atoms with Crippen molar-refractivity contribution in [3.05, 3.63) is 48.3 Å². The molecular weight excluding hydrogens is 334 g/mol. The Labute approximate surface area is 145 Å². The Morgan fingerprint density at radius 1 is 1.30 bits per heavy atom. The van der Waals surface area contributed by atoms with Crippen LogP contribution in [0.4, 0.5) is 5.69 Å². The highest BCUT2D eigenvalue weighted by molar-refractivity contribution is 7.97. The number of carbonyl (C=O) groups excluding carboxylic acids is 1. The Balaban J connectivity index is 0.00000156. The number of aromatic nitrogens is 1. The van der Waals surface area contributed by atoms with Gasteiger partial charge in [-0.1, -0.05) is 0 Å². The van der Waals surface area contributed by atoms with Gasteiger partial charge in [-0.05, 0) is 55.1 Å². The van der Waals surface area contributed by atoms with E-state index in [2.05, 4.69) is 14.6 Å². The fourth-order valence-corrected chi connectivity index (χ4v) is 3.81. The van der Waals surface area contributed by atoms with Crippen molar-refractivity contribution in [2.24, 2.45) is 0 Å². The summed E-state index contributed by atoms with van der Waals surface area (Å²) in [6, 6.07) is 9.11. The van der Waals surface area contributed by atoms with Gasteiger partial charge >= 0.3 is 5.97 Å². The Hall–Kier alpha value is -1.76. The molecule has 1 atom stereocenters. The molecule has 1 aromatic heterocycles. The highest BCUT2D eigenvalue weighted by atomic mass is 35.5. The van der Waals surface area contributed by atoms with Gasteiger partial charge in [0.2, 0.25) is 0 Å². The zero-order chi connectivity index (χ0) is 14.9. The van der Waals surface area contributed by atoms with E-state index in [0.29, 0.717) is 17.5 Å². The van der Waals surface area contributed by atoms with Crippen LogP contribution < -0.4 is 14.4 Å². The number of nitrogens with zero attached hydrogens (tertiary/aromatic N) is 2. The quantitative estimate of drug-likeness (QED) is 0.510. The molecule has 0 saturated carbocycles. The predicted molar refractivity (Wildman–Crippen MR) is 92.2 cm³/mol. The molecule has 1 N–H and O–H groups in total. The van der Waals surface area contributed by atoms with Gasteiger partial charge in [-0.2, -0.15) is 0 Å². The second-order valence-electron chi connectivity index (χ2n) is 5.33. The lowest BCUT2D eigenvalue weighted by molar-refractivity contribution is 0.0734. The van der Waals surface area contributed by atoms with E-state index in [9.17, 15) is 4.79 Å². The number of hydrogen-bond donors (Lipinski definition) is 1. The van der Waals surface area contributed by atoms with E-state index in [4.69, 9.17) is 4.74 Å². The van der Waals surface area contributed by atoms with Crippen LogP contribution in [0, 0.1) is 0 Å². The first kappa shape index (κ1) is 16.1. The number of ether oxygens (including phenoxy) is 1. The van der Waals surface area contributed by atoms with Crippen molar-refractivity contribution in [3.8, 4) is 5.75 Å². The lowest BCUT2D eigenvalue weighted by Gasteiger charge is -2.33. The van der Waals surface area contributed by atoms with Crippen molar-refractivity contribution in [2.45, 2.75) is 23.9 Å². The summed E-state index contributed by atoms with van der Waals surface area (Å²) in [6.45, 7) is 1.07. The topological polar surface area (TPSA) is 54.5 Å². The summed E-state index contributed by atoms with van der Waals surface area (Å²) >= 11 is 1.61. The molecule has 2 aromatic rings. The van der Waals surface area contributed by atoms with Gasteiger partial charge in [0.25, 0.3) is 0 Å². The molecule has 0 amide bonds. The molecule has 4 rings (SSSR count). The van der Waals surface area contributed by atoms with Crippen LogP contribution in [0.1, 0.15) is 23.2 Å². The molecule has 0 radical (unpaired) electrons. The molecule has 2 aliphatic heterocycles. The maximum Gasteiger partial charge on any atom is 0.343 e. The monoisotopic (exact) mass is 349 g/mol. The van der Waals surface area contributed by atoms with Crippen molar-refractivity contribution in [2.75, 3.05) is 11.4 Å². The maximum atomic E-state index is 12.1. The average Bonchev–Trinajstić information content (AvgIpc) is 3.04. The number of nitrogens with one attached hydrogen (secondary N) is 1. The molecule has 7 heteroatoms. The third kappa shape index (κ3) is 3.15. The number of pyridine rings is 1. The molecule has 0 bridgehead atoms. The number of fused-ring (bicyclic) bond motifs is 3. The van der Waals surface area contributed by atoms with Crippen LogP contribution in [0.15, 0.2) is 47.6 Å². The van der Waals surface area contributed by atoms with Gasteiger partial charge in [-0.15, -0.1) is 12.4 Å². The number of halogens is 1. The lowest BCUT2D eigenvalue weighted by Crippen LogP contribution is -2.41. The van der Waals surface area contributed by atoms with Crippen molar-refractivity contribution < 1.29 is 9.53 Å². The van der Waals surface area contributed by atoms with Gasteiger partial charge in [-0.3, -0.25) is 4.98 Å². The number of benzene rings is 1. The van der Waals surface area contributed by atoms with Crippen LogP contribution in [-0.2, 0) is 0 Å². The summed E-state index contributed by atoms with van der Waals surface area (Å²) in [4.78, 5) is 19.5. The average molecular weight is 350 g/mol. The fourth-order valence-electron chi connectivity index (χ4n) is 2.84. The van der Waals surface area contributed by atoms with Crippen molar-refractivity contribution >= 4 is 36.0 Å². The van der Waals surface area contributed by atoms with Crippen LogP contribution in [0.3, 0.4) is 0 Å². The van der Waals surface area contributed by atoms with E-state index in [1.165, 1.54) is 18.5 Å². The van der Waals surface area contributed by atoms with Crippen LogP contribution >= 0.6 is 24.4 Å². The largest absolute Gasteiger partial charge is 0.423 e. The van der Waals surface area contributed by atoms with E-state index in [1.807, 2.05) is 18.2 Å². The second-order valence-corrected chi connectivity index (χ2v) is 6.21. The molecule has 2 aliphatic rings. The molecule has 3 heterocycles. The Morgan fingerprint density at radius 3 is 2.96 bits per heavy atom. The number of anilines is 1. The summed E-state index contributed by atoms with van der Waals surface area (Å²) in [7, 11) is 0. The van der Waals surface area contributed by atoms with E-state index in [-0.39, 0.29) is 18.4 Å². The van der Waals surface area contributed by atoms with Crippen LogP contribution in [0.2, 0.25) is 0 Å². The van der Waals surface area contributed by atoms with Gasteiger partial charge in [0, 0.05) is 23.8 Å². The van der Waals surface area contributed by atoms with Gasteiger partial charge < -0.3 is 9.64 Å².